The largest absolute Gasteiger partial charge is 0.383 e. The lowest BCUT2D eigenvalue weighted by atomic mass is 10.2. The minimum atomic E-state index is -3.44. The molecule has 3 rings (SSSR count). The quantitative estimate of drug-likeness (QED) is 0.544. The van der Waals surface area contributed by atoms with Crippen LogP contribution in [0.4, 0.5) is 4.39 Å². The number of carbonyl (C=O) groups is 1. The molecule has 1 amide bonds. The fourth-order valence-electron chi connectivity index (χ4n) is 2.87. The van der Waals surface area contributed by atoms with Gasteiger partial charge in [0.15, 0.2) is 14.6 Å². The van der Waals surface area contributed by atoms with E-state index >= 15 is 0 Å². The highest BCUT2D eigenvalue weighted by Gasteiger charge is 2.16. The summed E-state index contributed by atoms with van der Waals surface area (Å²) in [4.78, 5) is 16.7. The molecule has 0 aliphatic heterocycles. The zero-order valence-corrected chi connectivity index (χ0v) is 17.5. The van der Waals surface area contributed by atoms with Gasteiger partial charge in [-0.1, -0.05) is 47.7 Å². The molecular weight excluding hydrogens is 415 g/mol. The van der Waals surface area contributed by atoms with Crippen LogP contribution in [0.1, 0.15) is 12.0 Å². The smallest absolute Gasteiger partial charge is 0.249 e. The Kier molecular flexibility index (Phi) is 6.94. The van der Waals surface area contributed by atoms with Gasteiger partial charge in [0.2, 0.25) is 5.91 Å². The van der Waals surface area contributed by atoms with Gasteiger partial charge >= 0.3 is 0 Å². The van der Waals surface area contributed by atoms with Crippen LogP contribution >= 0.6 is 11.3 Å². The van der Waals surface area contributed by atoms with Gasteiger partial charge in [-0.3, -0.25) is 4.79 Å². The van der Waals surface area contributed by atoms with Crippen molar-refractivity contribution in [1.29, 1.82) is 0 Å². The van der Waals surface area contributed by atoms with Gasteiger partial charge in [0, 0.05) is 20.1 Å². The van der Waals surface area contributed by atoms with Crippen LogP contribution < -0.4 is 4.80 Å². The van der Waals surface area contributed by atoms with Crippen LogP contribution in [0.15, 0.2) is 53.5 Å². The van der Waals surface area contributed by atoms with Crippen molar-refractivity contribution in [1.82, 2.24) is 4.57 Å². The van der Waals surface area contributed by atoms with E-state index in [0.717, 1.165) is 0 Å². The van der Waals surface area contributed by atoms with Crippen molar-refractivity contribution in [2.45, 2.75) is 18.7 Å². The maximum atomic E-state index is 14.3. The van der Waals surface area contributed by atoms with Gasteiger partial charge in [0.05, 0.1) is 28.3 Å². The fraction of sp³-hybridized carbons (Fsp3) is 0.300. The lowest BCUT2D eigenvalue weighted by molar-refractivity contribution is -0.117. The van der Waals surface area contributed by atoms with Crippen LogP contribution in [0, 0.1) is 5.82 Å². The highest BCUT2D eigenvalue weighted by atomic mass is 32.2. The number of rotatable bonds is 8. The second-order valence-corrected chi connectivity index (χ2v) is 9.64. The first-order valence-corrected chi connectivity index (χ1v) is 11.6. The van der Waals surface area contributed by atoms with Crippen LogP contribution in [0.2, 0.25) is 0 Å². The third kappa shape index (κ3) is 5.59. The molecule has 0 aliphatic carbocycles. The van der Waals surface area contributed by atoms with Crippen LogP contribution in [0.25, 0.3) is 10.2 Å². The van der Waals surface area contributed by atoms with Crippen LogP contribution in [0.3, 0.4) is 0 Å². The Labute approximate surface area is 172 Å². The fourth-order valence-corrected chi connectivity index (χ4v) is 5.29. The van der Waals surface area contributed by atoms with Gasteiger partial charge in [-0.15, -0.1) is 0 Å². The van der Waals surface area contributed by atoms with E-state index in [1.807, 2.05) is 6.07 Å². The highest BCUT2D eigenvalue weighted by Crippen LogP contribution is 2.20. The molecule has 0 N–H and O–H groups in total. The first-order chi connectivity index (χ1) is 13.9. The molecule has 0 atom stereocenters. The number of ether oxygens (including phenoxy) is 1. The summed E-state index contributed by atoms with van der Waals surface area (Å²) in [6, 6.07) is 13.5. The molecule has 0 saturated carbocycles. The van der Waals surface area contributed by atoms with Gasteiger partial charge in [-0.25, -0.2) is 12.8 Å². The van der Waals surface area contributed by atoms with E-state index in [9.17, 15) is 17.6 Å². The molecule has 0 aliphatic rings. The molecular formula is C20H21FN2O4S2. The number of halogens is 1. The number of thiazole rings is 1. The number of carbonyl (C=O) groups excluding carboxylic acids is 1. The van der Waals surface area contributed by atoms with Crippen molar-refractivity contribution in [3.8, 4) is 0 Å². The summed E-state index contributed by atoms with van der Waals surface area (Å²) in [6.07, 6.45) is -0.226. The number of sulfone groups is 1. The van der Waals surface area contributed by atoms with Crippen molar-refractivity contribution in [2.24, 2.45) is 4.99 Å². The summed E-state index contributed by atoms with van der Waals surface area (Å²) in [7, 11) is -1.91. The highest BCUT2D eigenvalue weighted by molar-refractivity contribution is 7.90. The van der Waals surface area contributed by atoms with E-state index < -0.39 is 21.6 Å². The number of nitrogens with zero attached hydrogens (tertiary/aromatic N) is 2. The van der Waals surface area contributed by atoms with Gasteiger partial charge in [0.25, 0.3) is 0 Å². The minimum absolute atomic E-state index is 0.122. The molecule has 2 aromatic carbocycles. The number of amides is 1. The minimum Gasteiger partial charge on any atom is -0.383 e. The summed E-state index contributed by atoms with van der Waals surface area (Å²) in [6.45, 7) is 0.656. The molecule has 0 unspecified atom stereocenters. The average molecular weight is 437 g/mol. The Hall–Kier alpha value is -2.36. The molecule has 1 heterocycles. The number of benzene rings is 2. The number of methoxy groups -OCH3 is 1. The Morgan fingerprint density at radius 2 is 1.93 bits per heavy atom. The molecule has 29 heavy (non-hydrogen) atoms. The topological polar surface area (TPSA) is 77.7 Å². The van der Waals surface area contributed by atoms with Crippen LogP contribution in [-0.2, 0) is 31.7 Å². The van der Waals surface area contributed by atoms with Gasteiger partial charge in [-0.05, 0) is 17.7 Å². The van der Waals surface area contributed by atoms with E-state index in [1.54, 1.807) is 41.0 Å². The van der Waals surface area contributed by atoms with Crippen molar-refractivity contribution in [2.75, 3.05) is 19.5 Å². The zero-order valence-electron chi connectivity index (χ0n) is 15.9. The summed E-state index contributed by atoms with van der Waals surface area (Å²) in [5, 5.41) is 0. The van der Waals surface area contributed by atoms with Crippen LogP contribution in [0.5, 0.6) is 0 Å². The predicted molar refractivity (Wildman–Crippen MR) is 111 cm³/mol. The standard InChI is InChI=1S/C20H21FN2O4S2/c1-27-12-11-23-19-16(21)8-5-9-17(19)28-20(23)22-18(24)10-13-29(25,26)14-15-6-3-2-4-7-15/h2-9H,10-14H2,1H3. The van der Waals surface area contributed by atoms with Crippen molar-refractivity contribution >= 4 is 37.3 Å². The summed E-state index contributed by atoms with van der Waals surface area (Å²) in [5.74, 6) is -1.38. The van der Waals surface area contributed by atoms with E-state index in [1.165, 1.54) is 24.5 Å². The number of hydrogen-bond donors (Lipinski definition) is 0. The second-order valence-electron chi connectivity index (χ2n) is 6.45. The van der Waals surface area contributed by atoms with E-state index in [2.05, 4.69) is 4.99 Å². The Morgan fingerprint density at radius 3 is 2.66 bits per heavy atom. The Bertz CT molecular complexity index is 1170. The average Bonchev–Trinajstić information content (AvgIpc) is 3.03. The Morgan fingerprint density at radius 1 is 1.17 bits per heavy atom. The number of fused-ring (bicyclic) bond motifs is 1. The summed E-state index contributed by atoms with van der Waals surface area (Å²) < 4.78 is 46.2. The third-order valence-corrected chi connectivity index (χ3v) is 6.89. The molecule has 6 nitrogen and oxygen atoms in total. The van der Waals surface area contributed by atoms with E-state index in [0.29, 0.717) is 33.7 Å². The lowest BCUT2D eigenvalue weighted by Crippen LogP contribution is -2.20. The molecule has 0 saturated heterocycles. The third-order valence-electron chi connectivity index (χ3n) is 4.25. The molecule has 0 spiro atoms. The van der Waals surface area contributed by atoms with Crippen molar-refractivity contribution in [3.05, 3.63) is 64.7 Å². The number of para-hydroxylation sites is 1. The van der Waals surface area contributed by atoms with Crippen molar-refractivity contribution in [3.63, 3.8) is 0 Å². The van der Waals surface area contributed by atoms with Crippen molar-refractivity contribution < 1.29 is 22.3 Å². The van der Waals surface area contributed by atoms with Gasteiger partial charge in [0.1, 0.15) is 5.82 Å². The zero-order chi connectivity index (χ0) is 20.9. The molecule has 0 bridgehead atoms. The van der Waals surface area contributed by atoms with Gasteiger partial charge < -0.3 is 9.30 Å². The molecule has 0 fully saturated rings. The molecule has 3 aromatic rings. The molecule has 0 radical (unpaired) electrons. The number of hydrogen-bond acceptors (Lipinski definition) is 5. The predicted octanol–water partition coefficient (Wildman–Crippen LogP) is 2.92. The monoisotopic (exact) mass is 436 g/mol. The SMILES string of the molecule is COCCn1c(=NC(=O)CCS(=O)(=O)Cc2ccccc2)sc2cccc(F)c21. The molecule has 154 valence electrons. The van der Waals surface area contributed by atoms with E-state index in [4.69, 9.17) is 4.74 Å². The first-order valence-electron chi connectivity index (χ1n) is 8.98. The first kappa shape index (κ1) is 21.4. The van der Waals surface area contributed by atoms with Gasteiger partial charge in [-0.2, -0.15) is 4.99 Å². The molecule has 1 aromatic heterocycles. The van der Waals surface area contributed by atoms with E-state index in [-0.39, 0.29) is 17.9 Å². The lowest BCUT2D eigenvalue weighted by Gasteiger charge is -2.05. The second kappa shape index (κ2) is 9.43. The normalized spacial score (nSPS) is 12.6. The van der Waals surface area contributed by atoms with Crippen LogP contribution in [-0.4, -0.2) is 38.4 Å². The summed E-state index contributed by atoms with van der Waals surface area (Å²) >= 11 is 1.18. The number of aromatic nitrogens is 1. The maximum absolute atomic E-state index is 14.3. The Balaban J connectivity index is 1.80. The summed E-state index contributed by atoms with van der Waals surface area (Å²) in [5.41, 5.74) is 1.03. The molecule has 9 heteroatoms. The maximum Gasteiger partial charge on any atom is 0.249 e.